The fraction of sp³-hybridized carbons (Fsp3) is 0.261. The van der Waals surface area contributed by atoms with Crippen LogP contribution < -0.4 is 15.0 Å². The molecule has 27 heavy (non-hydrogen) atoms. The van der Waals surface area contributed by atoms with E-state index in [0.29, 0.717) is 6.54 Å². The molecule has 0 heterocycles. The summed E-state index contributed by atoms with van der Waals surface area (Å²) in [4.78, 5) is 13.7. The third-order valence-corrected chi connectivity index (χ3v) is 5.06. The molecule has 2 N–H and O–H groups in total. The maximum Gasteiger partial charge on any atom is 0.278 e. The molecule has 140 valence electrons. The van der Waals surface area contributed by atoms with Crippen LogP contribution in [0.25, 0.3) is 10.8 Å². The highest BCUT2D eigenvalue weighted by Gasteiger charge is 2.21. The van der Waals surface area contributed by atoms with E-state index in [2.05, 4.69) is 54.8 Å². The van der Waals surface area contributed by atoms with E-state index in [9.17, 15) is 4.79 Å². The summed E-state index contributed by atoms with van der Waals surface area (Å²) in [7, 11) is 3.71. The summed E-state index contributed by atoms with van der Waals surface area (Å²) < 4.78 is 5.16. The zero-order chi connectivity index (χ0) is 19.2. The van der Waals surface area contributed by atoms with E-state index in [4.69, 9.17) is 4.74 Å². The maximum atomic E-state index is 12.5. The molecule has 0 aliphatic heterocycles. The average Bonchev–Trinajstić information content (AvgIpc) is 2.71. The van der Waals surface area contributed by atoms with Crippen molar-refractivity contribution in [1.82, 2.24) is 5.32 Å². The molecule has 3 aromatic carbocycles. The normalized spacial score (nSPS) is 13.1. The number of quaternary nitrogens is 1. The molecule has 3 rings (SSSR count). The quantitative estimate of drug-likeness (QED) is 0.678. The van der Waals surface area contributed by atoms with Gasteiger partial charge in [0.05, 0.1) is 14.2 Å². The van der Waals surface area contributed by atoms with Crippen molar-refractivity contribution in [3.8, 4) is 5.75 Å². The van der Waals surface area contributed by atoms with Gasteiger partial charge >= 0.3 is 0 Å². The first-order chi connectivity index (χ1) is 13.1. The smallest absolute Gasteiger partial charge is 0.278 e. The minimum Gasteiger partial charge on any atom is -0.497 e. The van der Waals surface area contributed by atoms with E-state index in [-0.39, 0.29) is 11.9 Å². The van der Waals surface area contributed by atoms with Crippen LogP contribution in [0.3, 0.4) is 0 Å². The molecule has 0 aromatic heterocycles. The Morgan fingerprint density at radius 3 is 2.37 bits per heavy atom. The van der Waals surface area contributed by atoms with Crippen molar-refractivity contribution in [2.24, 2.45) is 0 Å². The predicted octanol–water partition coefficient (Wildman–Crippen LogP) is 2.57. The number of carbonyl (C=O) groups is 1. The van der Waals surface area contributed by atoms with Gasteiger partial charge in [-0.1, -0.05) is 48.5 Å². The van der Waals surface area contributed by atoms with E-state index >= 15 is 0 Å². The molecule has 0 bridgehead atoms. The molecule has 3 aromatic rings. The number of benzene rings is 3. The van der Waals surface area contributed by atoms with Crippen LogP contribution in [0.15, 0.2) is 66.7 Å². The van der Waals surface area contributed by atoms with Gasteiger partial charge in [0, 0.05) is 12.1 Å². The Morgan fingerprint density at radius 1 is 1.00 bits per heavy atom. The molecule has 1 unspecified atom stereocenters. The summed E-state index contributed by atoms with van der Waals surface area (Å²) in [5.74, 6) is 0.877. The van der Waals surface area contributed by atoms with Crippen molar-refractivity contribution in [1.29, 1.82) is 0 Å². The van der Waals surface area contributed by atoms with Gasteiger partial charge in [0.25, 0.3) is 5.91 Å². The fourth-order valence-electron chi connectivity index (χ4n) is 3.13. The third kappa shape index (κ3) is 4.86. The number of likely N-dealkylation sites (N-methyl/N-ethyl adjacent to an activating group) is 1. The van der Waals surface area contributed by atoms with Gasteiger partial charge in [0.1, 0.15) is 12.3 Å². The fourth-order valence-corrected chi connectivity index (χ4v) is 3.13. The first-order valence-electron chi connectivity index (χ1n) is 9.27. The molecule has 4 heteroatoms. The monoisotopic (exact) mass is 363 g/mol. The molecular formula is C23H27N2O2+. The Labute approximate surface area is 160 Å². The van der Waals surface area contributed by atoms with Crippen molar-refractivity contribution in [3.63, 3.8) is 0 Å². The van der Waals surface area contributed by atoms with Gasteiger partial charge in [-0.3, -0.25) is 4.79 Å². The number of nitrogens with one attached hydrogen (secondary N) is 2. The zero-order valence-corrected chi connectivity index (χ0v) is 16.2. The van der Waals surface area contributed by atoms with Crippen LogP contribution in [0, 0.1) is 0 Å². The average molecular weight is 363 g/mol. The lowest BCUT2D eigenvalue weighted by Gasteiger charge is -2.21. The minimum atomic E-state index is -0.130. The van der Waals surface area contributed by atoms with Crippen molar-refractivity contribution < 1.29 is 14.4 Å². The summed E-state index contributed by atoms with van der Waals surface area (Å²) in [5.41, 5.74) is 2.30. The van der Waals surface area contributed by atoms with E-state index in [0.717, 1.165) is 22.8 Å². The minimum absolute atomic E-state index is 0.0594. The summed E-state index contributed by atoms with van der Waals surface area (Å²) in [5, 5.41) is 5.51. The topological polar surface area (TPSA) is 42.8 Å². The summed E-state index contributed by atoms with van der Waals surface area (Å²) >= 11 is 0. The second-order valence-corrected chi connectivity index (χ2v) is 6.99. The van der Waals surface area contributed by atoms with Crippen molar-refractivity contribution in [2.45, 2.75) is 26.1 Å². The van der Waals surface area contributed by atoms with Crippen LogP contribution in [-0.4, -0.2) is 26.1 Å². The first kappa shape index (κ1) is 18.9. The number of carbonyl (C=O) groups excluding carboxylic acids is 1. The van der Waals surface area contributed by atoms with Gasteiger partial charge in [0.15, 0.2) is 6.04 Å². The Balaban J connectivity index is 1.56. The molecule has 0 fully saturated rings. The van der Waals surface area contributed by atoms with E-state index < -0.39 is 0 Å². The zero-order valence-electron chi connectivity index (χ0n) is 16.2. The number of fused-ring (bicyclic) bond motifs is 1. The third-order valence-electron chi connectivity index (χ3n) is 5.06. The molecule has 0 radical (unpaired) electrons. The lowest BCUT2D eigenvalue weighted by Crippen LogP contribution is -3.12. The molecule has 4 nitrogen and oxygen atoms in total. The molecule has 0 aliphatic carbocycles. The van der Waals surface area contributed by atoms with Crippen LogP contribution in [0.4, 0.5) is 0 Å². The molecule has 0 aliphatic rings. The first-order valence-corrected chi connectivity index (χ1v) is 9.27. The van der Waals surface area contributed by atoms with Crippen LogP contribution in [0.5, 0.6) is 5.75 Å². The van der Waals surface area contributed by atoms with Crippen LogP contribution in [-0.2, 0) is 17.9 Å². The summed E-state index contributed by atoms with van der Waals surface area (Å²) in [6.07, 6.45) is 0. The molecule has 0 spiro atoms. The highest BCUT2D eigenvalue weighted by molar-refractivity contribution is 5.83. The molecule has 2 atom stereocenters. The van der Waals surface area contributed by atoms with Gasteiger partial charge in [-0.25, -0.2) is 0 Å². The number of hydrogen-bond acceptors (Lipinski definition) is 2. The van der Waals surface area contributed by atoms with Gasteiger partial charge in [-0.2, -0.15) is 0 Å². The van der Waals surface area contributed by atoms with Gasteiger partial charge in [-0.05, 0) is 41.5 Å². The Morgan fingerprint density at radius 2 is 1.67 bits per heavy atom. The SMILES string of the molecule is COc1ccc(CNC(=O)[C@@H](C)[NH+](C)Cc2ccc3ccccc3c2)cc1. The van der Waals surface area contributed by atoms with Gasteiger partial charge in [-0.15, -0.1) is 0 Å². The van der Waals surface area contributed by atoms with Crippen molar-refractivity contribution in [3.05, 3.63) is 77.9 Å². The highest BCUT2D eigenvalue weighted by atomic mass is 16.5. The number of methoxy groups -OCH3 is 1. The van der Waals surface area contributed by atoms with E-state index in [1.54, 1.807) is 7.11 Å². The van der Waals surface area contributed by atoms with Crippen LogP contribution >= 0.6 is 0 Å². The second kappa shape index (κ2) is 8.69. The standard InChI is InChI=1S/C23H26N2O2/c1-17(23(26)24-15-18-9-12-22(27-3)13-10-18)25(2)16-19-8-11-20-6-4-5-7-21(20)14-19/h4-14,17H,15-16H2,1-3H3,(H,24,26)/p+1/t17-/m1/s1. The Bertz CT molecular complexity index is 906. The molecule has 1 amide bonds. The van der Waals surface area contributed by atoms with E-state index in [1.807, 2.05) is 31.2 Å². The molecule has 0 saturated heterocycles. The van der Waals surface area contributed by atoms with Crippen molar-refractivity contribution in [2.75, 3.05) is 14.2 Å². The van der Waals surface area contributed by atoms with Crippen molar-refractivity contribution >= 4 is 16.7 Å². The summed E-state index contributed by atoms with van der Waals surface area (Å²) in [6, 6.07) is 22.5. The van der Waals surface area contributed by atoms with Crippen LogP contribution in [0.1, 0.15) is 18.1 Å². The second-order valence-electron chi connectivity index (χ2n) is 6.99. The highest BCUT2D eigenvalue weighted by Crippen LogP contribution is 2.15. The van der Waals surface area contributed by atoms with Crippen LogP contribution in [0.2, 0.25) is 0 Å². The number of amides is 1. The summed E-state index contributed by atoms with van der Waals surface area (Å²) in [6.45, 7) is 3.30. The predicted molar refractivity (Wildman–Crippen MR) is 109 cm³/mol. The number of hydrogen-bond donors (Lipinski definition) is 2. The Hall–Kier alpha value is -2.85. The van der Waals surface area contributed by atoms with Gasteiger partial charge < -0.3 is 15.0 Å². The maximum absolute atomic E-state index is 12.5. The largest absolute Gasteiger partial charge is 0.497 e. The molecule has 0 saturated carbocycles. The Kier molecular flexibility index (Phi) is 6.09. The lowest BCUT2D eigenvalue weighted by atomic mass is 10.1. The molecular weight excluding hydrogens is 336 g/mol. The lowest BCUT2D eigenvalue weighted by molar-refractivity contribution is -0.908. The van der Waals surface area contributed by atoms with E-state index in [1.165, 1.54) is 16.3 Å². The van der Waals surface area contributed by atoms with Gasteiger partial charge in [0.2, 0.25) is 0 Å². The number of ether oxygens (including phenoxy) is 1. The number of rotatable bonds is 7.